The van der Waals surface area contributed by atoms with Crippen molar-refractivity contribution in [3.8, 4) is 0 Å². The van der Waals surface area contributed by atoms with E-state index in [1.54, 1.807) is 17.8 Å². The van der Waals surface area contributed by atoms with Gasteiger partial charge in [0.2, 0.25) is 0 Å². The maximum atomic E-state index is 12.9. The van der Waals surface area contributed by atoms with Crippen molar-refractivity contribution in [2.45, 2.75) is 13.1 Å². The SMILES string of the molecule is CCOC1=CNCC=C1c1nc2cc(C(F)(F)F)ccc2n1C. The number of imidazole rings is 1. The smallest absolute Gasteiger partial charge is 0.416 e. The van der Waals surface area contributed by atoms with Gasteiger partial charge < -0.3 is 14.6 Å². The molecule has 7 heteroatoms. The molecule has 23 heavy (non-hydrogen) atoms. The highest BCUT2D eigenvalue weighted by molar-refractivity contribution is 5.84. The number of hydrogen-bond donors (Lipinski definition) is 1. The molecule has 0 unspecified atom stereocenters. The van der Waals surface area contributed by atoms with E-state index in [9.17, 15) is 13.2 Å². The Kier molecular flexibility index (Phi) is 3.79. The third kappa shape index (κ3) is 2.78. The summed E-state index contributed by atoms with van der Waals surface area (Å²) in [6.07, 6.45) is -0.716. The number of rotatable bonds is 3. The Balaban J connectivity index is 2.10. The Morgan fingerprint density at radius 3 is 2.83 bits per heavy atom. The fourth-order valence-corrected chi connectivity index (χ4v) is 2.58. The van der Waals surface area contributed by atoms with Crippen LogP contribution in [0.2, 0.25) is 0 Å². The molecule has 4 nitrogen and oxygen atoms in total. The number of benzene rings is 1. The first kappa shape index (κ1) is 15.5. The lowest BCUT2D eigenvalue weighted by Crippen LogP contribution is -2.15. The van der Waals surface area contributed by atoms with Crippen LogP contribution in [0.4, 0.5) is 13.2 Å². The van der Waals surface area contributed by atoms with E-state index in [4.69, 9.17) is 4.74 Å². The number of fused-ring (bicyclic) bond motifs is 1. The van der Waals surface area contributed by atoms with Gasteiger partial charge >= 0.3 is 6.18 Å². The number of hydrogen-bond acceptors (Lipinski definition) is 3. The van der Waals surface area contributed by atoms with Gasteiger partial charge in [0, 0.05) is 19.8 Å². The molecule has 1 aliphatic rings. The quantitative estimate of drug-likeness (QED) is 0.940. The Bertz CT molecular complexity index is 803. The van der Waals surface area contributed by atoms with Crippen LogP contribution in [0.25, 0.3) is 16.6 Å². The van der Waals surface area contributed by atoms with Gasteiger partial charge in [0.05, 0.1) is 28.8 Å². The highest BCUT2D eigenvalue weighted by Gasteiger charge is 2.31. The molecule has 0 spiro atoms. The van der Waals surface area contributed by atoms with Crippen LogP contribution in [0.15, 0.2) is 36.2 Å². The molecule has 0 saturated heterocycles. The van der Waals surface area contributed by atoms with E-state index in [-0.39, 0.29) is 0 Å². The van der Waals surface area contributed by atoms with Crippen LogP contribution in [0.3, 0.4) is 0 Å². The van der Waals surface area contributed by atoms with Crippen LogP contribution >= 0.6 is 0 Å². The van der Waals surface area contributed by atoms with Crippen molar-refractivity contribution in [1.82, 2.24) is 14.9 Å². The summed E-state index contributed by atoms with van der Waals surface area (Å²) in [6.45, 7) is 2.98. The summed E-state index contributed by atoms with van der Waals surface area (Å²) in [6, 6.07) is 3.59. The topological polar surface area (TPSA) is 39.1 Å². The predicted octanol–water partition coefficient (Wildman–Crippen LogP) is 3.46. The average molecular weight is 323 g/mol. The van der Waals surface area contributed by atoms with E-state index in [1.165, 1.54) is 6.07 Å². The van der Waals surface area contributed by atoms with Crippen molar-refractivity contribution in [3.05, 3.63) is 47.6 Å². The zero-order valence-corrected chi connectivity index (χ0v) is 12.7. The van der Waals surface area contributed by atoms with Crippen LogP contribution < -0.4 is 5.32 Å². The molecule has 1 N–H and O–H groups in total. The van der Waals surface area contributed by atoms with E-state index >= 15 is 0 Å². The number of aromatic nitrogens is 2. The summed E-state index contributed by atoms with van der Waals surface area (Å²) < 4.78 is 45.9. The average Bonchev–Trinajstić information content (AvgIpc) is 2.84. The van der Waals surface area contributed by atoms with Gasteiger partial charge in [-0.3, -0.25) is 0 Å². The first-order chi connectivity index (χ1) is 10.9. The molecular formula is C16H16F3N3O. The molecule has 1 aromatic heterocycles. The molecule has 0 aliphatic carbocycles. The Morgan fingerprint density at radius 1 is 1.35 bits per heavy atom. The van der Waals surface area contributed by atoms with Crippen LogP contribution in [-0.2, 0) is 18.0 Å². The summed E-state index contributed by atoms with van der Waals surface area (Å²) in [5, 5.41) is 3.05. The van der Waals surface area contributed by atoms with Crippen molar-refractivity contribution < 1.29 is 17.9 Å². The Labute approximate surface area is 131 Å². The largest absolute Gasteiger partial charge is 0.492 e. The van der Waals surface area contributed by atoms with Crippen LogP contribution in [0, 0.1) is 0 Å². The van der Waals surface area contributed by atoms with Crippen LogP contribution in [-0.4, -0.2) is 22.7 Å². The van der Waals surface area contributed by atoms with E-state index < -0.39 is 11.7 Å². The summed E-state index contributed by atoms with van der Waals surface area (Å²) in [5.41, 5.74) is 1.03. The second kappa shape index (κ2) is 5.64. The predicted molar refractivity (Wildman–Crippen MR) is 81.4 cm³/mol. The fraction of sp³-hybridized carbons (Fsp3) is 0.312. The Hall–Kier alpha value is -2.44. The minimum atomic E-state index is -4.38. The molecule has 0 bridgehead atoms. The first-order valence-corrected chi connectivity index (χ1v) is 7.22. The maximum Gasteiger partial charge on any atom is 0.416 e. The molecule has 3 rings (SSSR count). The van der Waals surface area contributed by atoms with Gasteiger partial charge in [-0.25, -0.2) is 4.98 Å². The number of allylic oxidation sites excluding steroid dienone is 1. The zero-order chi connectivity index (χ0) is 16.6. The molecule has 2 aromatic rings. The van der Waals surface area contributed by atoms with Gasteiger partial charge in [-0.15, -0.1) is 0 Å². The van der Waals surface area contributed by atoms with Gasteiger partial charge in [0.1, 0.15) is 11.6 Å². The van der Waals surface area contributed by atoms with Crippen molar-refractivity contribution in [2.75, 3.05) is 13.2 Å². The monoisotopic (exact) mass is 323 g/mol. The van der Waals surface area contributed by atoms with E-state index in [1.807, 2.05) is 13.0 Å². The number of halogens is 3. The highest BCUT2D eigenvalue weighted by Crippen LogP contribution is 2.33. The Morgan fingerprint density at radius 2 is 2.13 bits per heavy atom. The van der Waals surface area contributed by atoms with E-state index in [0.717, 1.165) is 17.7 Å². The third-order valence-corrected chi connectivity index (χ3v) is 3.67. The number of nitrogens with zero attached hydrogens (tertiary/aromatic N) is 2. The number of aryl methyl sites for hydroxylation is 1. The second-order valence-electron chi connectivity index (χ2n) is 5.16. The lowest BCUT2D eigenvalue weighted by molar-refractivity contribution is -0.137. The van der Waals surface area contributed by atoms with Crippen LogP contribution in [0.1, 0.15) is 18.3 Å². The van der Waals surface area contributed by atoms with E-state index in [2.05, 4.69) is 10.3 Å². The molecule has 0 fully saturated rings. The van der Waals surface area contributed by atoms with Gasteiger partial charge in [-0.1, -0.05) is 6.08 Å². The molecule has 1 aromatic carbocycles. The maximum absolute atomic E-state index is 12.9. The molecule has 0 amide bonds. The normalized spacial score (nSPS) is 15.2. The van der Waals surface area contributed by atoms with Crippen molar-refractivity contribution in [3.63, 3.8) is 0 Å². The van der Waals surface area contributed by atoms with Gasteiger partial charge in [0.15, 0.2) is 0 Å². The first-order valence-electron chi connectivity index (χ1n) is 7.22. The highest BCUT2D eigenvalue weighted by atomic mass is 19.4. The van der Waals surface area contributed by atoms with Crippen LogP contribution in [0.5, 0.6) is 0 Å². The van der Waals surface area contributed by atoms with Crippen molar-refractivity contribution >= 4 is 16.6 Å². The van der Waals surface area contributed by atoms with Gasteiger partial charge in [-0.05, 0) is 25.1 Å². The minimum absolute atomic E-state index is 0.313. The fourth-order valence-electron chi connectivity index (χ4n) is 2.58. The zero-order valence-electron chi connectivity index (χ0n) is 12.7. The number of alkyl halides is 3. The molecule has 122 valence electrons. The molecule has 0 atom stereocenters. The lowest BCUT2D eigenvalue weighted by Gasteiger charge is -2.17. The molecule has 0 radical (unpaired) electrons. The minimum Gasteiger partial charge on any atom is -0.492 e. The molecule has 0 saturated carbocycles. The molecule has 2 heterocycles. The number of dihydropyridines is 1. The number of nitrogens with one attached hydrogen (secondary N) is 1. The lowest BCUT2D eigenvalue weighted by atomic mass is 10.1. The van der Waals surface area contributed by atoms with Crippen molar-refractivity contribution in [1.29, 1.82) is 0 Å². The second-order valence-corrected chi connectivity index (χ2v) is 5.16. The molecular weight excluding hydrogens is 307 g/mol. The number of ether oxygens (including phenoxy) is 1. The van der Waals surface area contributed by atoms with Crippen molar-refractivity contribution in [2.24, 2.45) is 7.05 Å². The summed E-state index contributed by atoms with van der Waals surface area (Å²) in [7, 11) is 1.78. The standard InChI is InChI=1S/C16H16F3N3O/c1-3-23-14-9-20-7-6-11(14)15-21-12-8-10(16(17,18)19)4-5-13(12)22(15)2/h4-6,8-9,20H,3,7H2,1-2H3. The third-order valence-electron chi connectivity index (χ3n) is 3.67. The summed E-state index contributed by atoms with van der Waals surface area (Å²) in [4.78, 5) is 4.39. The molecule has 1 aliphatic heterocycles. The van der Waals surface area contributed by atoms with Gasteiger partial charge in [0.25, 0.3) is 0 Å². The van der Waals surface area contributed by atoms with E-state index in [0.29, 0.717) is 35.8 Å². The summed E-state index contributed by atoms with van der Waals surface area (Å²) >= 11 is 0. The summed E-state index contributed by atoms with van der Waals surface area (Å²) in [5.74, 6) is 1.22. The van der Waals surface area contributed by atoms with Gasteiger partial charge in [-0.2, -0.15) is 13.2 Å².